The zero-order valence-electron chi connectivity index (χ0n) is 5.63. The van der Waals surface area contributed by atoms with Gasteiger partial charge in [-0.25, -0.2) is 4.98 Å². The minimum absolute atomic E-state index is 0.620. The number of aromatic amines is 1. The number of nitrogens with one attached hydrogen (secondary N) is 1. The van der Waals surface area contributed by atoms with Crippen LogP contribution >= 0.6 is 11.6 Å². The van der Waals surface area contributed by atoms with Crippen molar-refractivity contribution in [1.29, 1.82) is 0 Å². The molecular weight excluding hydrogens is 152 g/mol. The number of halogens is 1. The number of aliphatic hydroxyl groups is 1. The summed E-state index contributed by atoms with van der Waals surface area (Å²) in [5, 5.41) is 7.67. The summed E-state index contributed by atoms with van der Waals surface area (Å²) in [6, 6.07) is 3.44. The first-order valence-corrected chi connectivity index (χ1v) is 3.04. The van der Waals surface area contributed by atoms with E-state index in [2.05, 4.69) is 4.98 Å². The number of pyridine rings is 1. The molecule has 4 heteroatoms. The minimum atomic E-state index is 0.620. The van der Waals surface area contributed by atoms with Crippen LogP contribution in [-0.2, 0) is 0 Å². The second kappa shape index (κ2) is 5.02. The van der Waals surface area contributed by atoms with Gasteiger partial charge in [0.2, 0.25) is 0 Å². The number of hydrogen-bond donors (Lipinski definition) is 2. The standard InChI is InChI=1S/C5H5ClN2.CH4O/c6-4-1-2-5(7)8-3-4;1-2/h1-3H,(H2,7,8);2H,1H3/p+1. The molecule has 0 saturated heterocycles. The Labute approximate surface area is 64.5 Å². The van der Waals surface area contributed by atoms with Gasteiger partial charge >= 0.3 is 0 Å². The highest BCUT2D eigenvalue weighted by Crippen LogP contribution is 2.02. The summed E-state index contributed by atoms with van der Waals surface area (Å²) < 4.78 is 0. The van der Waals surface area contributed by atoms with Crippen molar-refractivity contribution in [3.05, 3.63) is 23.4 Å². The van der Waals surface area contributed by atoms with E-state index in [-0.39, 0.29) is 0 Å². The number of nitrogen functional groups attached to an aromatic ring is 1. The molecule has 10 heavy (non-hydrogen) atoms. The van der Waals surface area contributed by atoms with Crippen LogP contribution in [0.5, 0.6) is 0 Å². The average molecular weight is 162 g/mol. The SMILES string of the molecule is CO.Nc1ccc(Cl)c[nH+]1. The normalized spacial score (nSPS) is 7.90. The molecule has 4 N–H and O–H groups in total. The predicted octanol–water partition coefficient (Wildman–Crippen LogP) is 0.345. The average Bonchev–Trinajstić information content (AvgIpc) is 2.00. The van der Waals surface area contributed by atoms with Crippen molar-refractivity contribution in [1.82, 2.24) is 0 Å². The Morgan fingerprint density at radius 2 is 2.10 bits per heavy atom. The van der Waals surface area contributed by atoms with Gasteiger partial charge in [0.25, 0.3) is 5.82 Å². The molecule has 0 aliphatic heterocycles. The minimum Gasteiger partial charge on any atom is -0.400 e. The second-order valence-corrected chi connectivity index (χ2v) is 1.90. The first kappa shape index (κ1) is 9.20. The summed E-state index contributed by atoms with van der Waals surface area (Å²) in [5.74, 6) is 0.620. The third-order valence-corrected chi connectivity index (χ3v) is 1.03. The van der Waals surface area contributed by atoms with Crippen LogP contribution < -0.4 is 10.7 Å². The van der Waals surface area contributed by atoms with E-state index in [1.165, 1.54) is 0 Å². The Balaban J connectivity index is 0.000000371. The van der Waals surface area contributed by atoms with E-state index in [9.17, 15) is 0 Å². The van der Waals surface area contributed by atoms with Crippen molar-refractivity contribution in [3.63, 3.8) is 0 Å². The van der Waals surface area contributed by atoms with Gasteiger partial charge in [0.05, 0.1) is 5.02 Å². The smallest absolute Gasteiger partial charge is 0.270 e. The topological polar surface area (TPSA) is 60.4 Å². The third kappa shape index (κ3) is 3.27. The fourth-order valence-electron chi connectivity index (χ4n) is 0.418. The van der Waals surface area contributed by atoms with E-state index in [0.717, 1.165) is 7.11 Å². The zero-order valence-corrected chi connectivity index (χ0v) is 6.39. The third-order valence-electron chi connectivity index (χ3n) is 0.799. The molecule has 1 heterocycles. The summed E-state index contributed by atoms with van der Waals surface area (Å²) >= 11 is 5.52. The predicted molar refractivity (Wildman–Crippen MR) is 40.6 cm³/mol. The number of anilines is 1. The van der Waals surface area contributed by atoms with Gasteiger partial charge in [0.15, 0.2) is 0 Å². The molecule has 0 spiro atoms. The van der Waals surface area contributed by atoms with Crippen LogP contribution in [0.2, 0.25) is 5.02 Å². The van der Waals surface area contributed by atoms with Gasteiger partial charge in [-0.15, -0.1) is 0 Å². The van der Waals surface area contributed by atoms with Crippen molar-refractivity contribution in [2.24, 2.45) is 0 Å². The van der Waals surface area contributed by atoms with E-state index in [0.29, 0.717) is 10.8 Å². The molecule has 0 aliphatic carbocycles. The van der Waals surface area contributed by atoms with Gasteiger partial charge in [0, 0.05) is 13.2 Å². The Hall–Kier alpha value is -0.800. The number of rotatable bonds is 0. The number of hydrogen-bond acceptors (Lipinski definition) is 2. The summed E-state index contributed by atoms with van der Waals surface area (Å²) in [4.78, 5) is 2.75. The Morgan fingerprint density at radius 1 is 1.50 bits per heavy atom. The molecule has 56 valence electrons. The van der Waals surface area contributed by atoms with Gasteiger partial charge in [-0.1, -0.05) is 11.6 Å². The Bertz CT molecular complexity index is 155. The van der Waals surface area contributed by atoms with E-state index in [4.69, 9.17) is 22.4 Å². The molecular formula is C6H10ClN2O+. The van der Waals surface area contributed by atoms with E-state index in [1.54, 1.807) is 18.3 Å². The van der Waals surface area contributed by atoms with Gasteiger partial charge in [-0.05, 0) is 6.07 Å². The van der Waals surface area contributed by atoms with Crippen LogP contribution in [0.1, 0.15) is 0 Å². The van der Waals surface area contributed by atoms with Crippen molar-refractivity contribution in [2.75, 3.05) is 12.8 Å². The molecule has 0 radical (unpaired) electrons. The highest BCUT2D eigenvalue weighted by atomic mass is 35.5. The summed E-state index contributed by atoms with van der Waals surface area (Å²) in [7, 11) is 1.00. The van der Waals surface area contributed by atoms with Crippen molar-refractivity contribution in [2.45, 2.75) is 0 Å². The van der Waals surface area contributed by atoms with Crippen LogP contribution in [0.15, 0.2) is 18.3 Å². The van der Waals surface area contributed by atoms with E-state index < -0.39 is 0 Å². The fourth-order valence-corrected chi connectivity index (χ4v) is 0.535. The van der Waals surface area contributed by atoms with E-state index in [1.807, 2.05) is 0 Å². The summed E-state index contributed by atoms with van der Waals surface area (Å²) in [5.41, 5.74) is 5.31. The van der Waals surface area contributed by atoms with Crippen LogP contribution in [0, 0.1) is 0 Å². The van der Waals surface area contributed by atoms with Gasteiger partial charge in [-0.3, -0.25) is 5.73 Å². The highest BCUT2D eigenvalue weighted by molar-refractivity contribution is 6.30. The van der Waals surface area contributed by atoms with Crippen LogP contribution in [-0.4, -0.2) is 12.2 Å². The maximum atomic E-state index is 7.00. The molecule has 0 bridgehead atoms. The highest BCUT2D eigenvalue weighted by Gasteiger charge is 1.89. The zero-order chi connectivity index (χ0) is 7.98. The molecule has 1 aromatic heterocycles. The lowest BCUT2D eigenvalue weighted by Crippen LogP contribution is -2.07. The maximum absolute atomic E-state index is 7.00. The van der Waals surface area contributed by atoms with Crippen LogP contribution in [0.25, 0.3) is 0 Å². The summed E-state index contributed by atoms with van der Waals surface area (Å²) in [6.07, 6.45) is 1.64. The van der Waals surface area contributed by atoms with Crippen molar-refractivity contribution >= 4 is 17.4 Å². The molecule has 0 aromatic carbocycles. The molecule has 0 fully saturated rings. The second-order valence-electron chi connectivity index (χ2n) is 1.46. The molecule has 3 nitrogen and oxygen atoms in total. The van der Waals surface area contributed by atoms with Gasteiger partial charge in [-0.2, -0.15) is 0 Å². The van der Waals surface area contributed by atoms with Crippen molar-refractivity contribution < 1.29 is 10.1 Å². The number of H-pyrrole nitrogens is 1. The number of aliphatic hydroxyl groups excluding tert-OH is 1. The molecule has 0 aliphatic rings. The number of nitrogens with two attached hydrogens (primary N) is 1. The van der Waals surface area contributed by atoms with Crippen LogP contribution in [0.4, 0.5) is 5.82 Å². The van der Waals surface area contributed by atoms with Crippen molar-refractivity contribution in [3.8, 4) is 0 Å². The Morgan fingerprint density at radius 3 is 2.40 bits per heavy atom. The van der Waals surface area contributed by atoms with E-state index >= 15 is 0 Å². The number of aromatic nitrogens is 1. The quantitative estimate of drug-likeness (QED) is 0.577. The maximum Gasteiger partial charge on any atom is 0.270 e. The largest absolute Gasteiger partial charge is 0.400 e. The lowest BCUT2D eigenvalue weighted by molar-refractivity contribution is -0.360. The summed E-state index contributed by atoms with van der Waals surface area (Å²) in [6.45, 7) is 0. The fraction of sp³-hybridized carbons (Fsp3) is 0.167. The first-order chi connectivity index (χ1) is 4.79. The first-order valence-electron chi connectivity index (χ1n) is 2.66. The molecule has 0 amide bonds. The molecule has 1 rings (SSSR count). The molecule has 0 saturated carbocycles. The Kier molecular flexibility index (Phi) is 4.62. The van der Waals surface area contributed by atoms with Crippen LogP contribution in [0.3, 0.4) is 0 Å². The monoisotopic (exact) mass is 161 g/mol. The lowest BCUT2D eigenvalue weighted by atomic mass is 10.5. The van der Waals surface area contributed by atoms with Gasteiger partial charge in [0.1, 0.15) is 6.20 Å². The molecule has 1 aromatic rings. The van der Waals surface area contributed by atoms with Gasteiger partial charge < -0.3 is 5.11 Å². The molecule has 0 atom stereocenters. The lowest BCUT2D eigenvalue weighted by Gasteiger charge is -1.82. The molecule has 0 unspecified atom stereocenters.